The third-order valence-corrected chi connectivity index (χ3v) is 3.75. The fourth-order valence-corrected chi connectivity index (χ4v) is 2.32. The van der Waals surface area contributed by atoms with Crippen LogP contribution >= 0.6 is 0 Å². The first-order valence-electron chi connectivity index (χ1n) is 6.15. The van der Waals surface area contributed by atoms with Gasteiger partial charge in [-0.25, -0.2) is 13.6 Å². The minimum atomic E-state index is -3.64. The normalized spacial score (nSPS) is 11.6. The van der Waals surface area contributed by atoms with E-state index < -0.39 is 10.0 Å². The maximum atomic E-state index is 11.1. The lowest BCUT2D eigenvalue weighted by Gasteiger charge is -2.02. The average Bonchev–Trinajstić information content (AvgIpc) is 2.85. The highest BCUT2D eigenvalue weighted by Gasteiger charge is 2.09. The molecule has 0 atom stereocenters. The van der Waals surface area contributed by atoms with Gasteiger partial charge in [-0.1, -0.05) is 30.3 Å². The molecule has 2 aromatic rings. The van der Waals surface area contributed by atoms with Crippen molar-refractivity contribution in [1.82, 2.24) is 9.78 Å². The van der Waals surface area contributed by atoms with E-state index in [0.717, 1.165) is 19.3 Å². The summed E-state index contributed by atoms with van der Waals surface area (Å²) in [6.45, 7) is 0.697. The Kier molecular flexibility index (Phi) is 4.34. The zero-order valence-corrected chi connectivity index (χ0v) is 11.4. The van der Waals surface area contributed by atoms with Crippen LogP contribution in [0.5, 0.6) is 0 Å². The minimum absolute atomic E-state index is 0.0653. The highest BCUT2D eigenvalue weighted by atomic mass is 32.2. The molecule has 0 fully saturated rings. The Morgan fingerprint density at radius 3 is 2.53 bits per heavy atom. The number of nitrogens with zero attached hydrogens (tertiary/aromatic N) is 2. The summed E-state index contributed by atoms with van der Waals surface area (Å²) in [7, 11) is -3.64. The van der Waals surface area contributed by atoms with Crippen molar-refractivity contribution in [2.75, 3.05) is 0 Å². The summed E-state index contributed by atoms with van der Waals surface area (Å²) in [5, 5.41) is 9.00. The van der Waals surface area contributed by atoms with Crippen molar-refractivity contribution in [3.05, 3.63) is 48.3 Å². The average molecular weight is 279 g/mol. The molecule has 102 valence electrons. The molecule has 1 heterocycles. The van der Waals surface area contributed by atoms with E-state index in [1.807, 2.05) is 18.2 Å². The number of hydrogen-bond acceptors (Lipinski definition) is 3. The van der Waals surface area contributed by atoms with Gasteiger partial charge in [0.15, 0.2) is 0 Å². The Balaban J connectivity index is 1.79. The maximum Gasteiger partial charge on any atom is 0.241 e. The van der Waals surface area contributed by atoms with Gasteiger partial charge in [0, 0.05) is 12.7 Å². The van der Waals surface area contributed by atoms with Crippen molar-refractivity contribution in [3.8, 4) is 0 Å². The van der Waals surface area contributed by atoms with Gasteiger partial charge in [-0.15, -0.1) is 0 Å². The molecule has 0 spiro atoms. The van der Waals surface area contributed by atoms with E-state index in [0.29, 0.717) is 6.54 Å². The molecule has 1 aromatic carbocycles. The van der Waals surface area contributed by atoms with E-state index in [2.05, 4.69) is 17.2 Å². The third kappa shape index (κ3) is 4.18. The van der Waals surface area contributed by atoms with Crippen LogP contribution in [0, 0.1) is 0 Å². The summed E-state index contributed by atoms with van der Waals surface area (Å²) in [6.07, 6.45) is 5.75. The molecule has 0 amide bonds. The molecule has 0 saturated heterocycles. The molecule has 0 radical (unpaired) electrons. The Hall–Kier alpha value is -1.66. The summed E-state index contributed by atoms with van der Waals surface area (Å²) >= 11 is 0. The summed E-state index contributed by atoms with van der Waals surface area (Å²) in [6, 6.07) is 10.3. The third-order valence-electron chi connectivity index (χ3n) is 2.88. The Labute approximate surface area is 113 Å². The maximum absolute atomic E-state index is 11.1. The van der Waals surface area contributed by atoms with Crippen LogP contribution in [-0.4, -0.2) is 18.2 Å². The van der Waals surface area contributed by atoms with Gasteiger partial charge >= 0.3 is 0 Å². The predicted octanol–water partition coefficient (Wildman–Crippen LogP) is 1.55. The second-order valence-corrected chi connectivity index (χ2v) is 5.99. The van der Waals surface area contributed by atoms with Gasteiger partial charge in [-0.05, 0) is 24.8 Å². The molecule has 0 aliphatic rings. The van der Waals surface area contributed by atoms with E-state index in [1.165, 1.54) is 18.0 Å². The number of unbranched alkanes of at least 4 members (excludes halogenated alkanes) is 1. The topological polar surface area (TPSA) is 78.0 Å². The van der Waals surface area contributed by atoms with Crippen LogP contribution in [-0.2, 0) is 23.0 Å². The number of rotatable bonds is 6. The molecular formula is C13H17N3O2S. The van der Waals surface area contributed by atoms with Crippen LogP contribution in [0.1, 0.15) is 18.4 Å². The van der Waals surface area contributed by atoms with E-state index in [9.17, 15) is 8.42 Å². The molecule has 0 bridgehead atoms. The summed E-state index contributed by atoms with van der Waals surface area (Å²) in [5.41, 5.74) is 1.31. The first kappa shape index (κ1) is 13.8. The number of benzene rings is 1. The first-order chi connectivity index (χ1) is 9.05. The molecule has 0 aliphatic carbocycles. The monoisotopic (exact) mass is 279 g/mol. The van der Waals surface area contributed by atoms with Crippen LogP contribution < -0.4 is 5.14 Å². The predicted molar refractivity (Wildman–Crippen MR) is 73.0 cm³/mol. The molecule has 2 N–H and O–H groups in total. The number of nitrogens with two attached hydrogens (primary N) is 1. The quantitative estimate of drug-likeness (QED) is 0.815. The van der Waals surface area contributed by atoms with Gasteiger partial charge in [0.05, 0.1) is 6.20 Å². The van der Waals surface area contributed by atoms with Crippen molar-refractivity contribution in [2.45, 2.75) is 30.7 Å². The molecule has 1 aromatic heterocycles. The Morgan fingerprint density at radius 1 is 1.16 bits per heavy atom. The fraction of sp³-hybridized carbons (Fsp3) is 0.308. The van der Waals surface area contributed by atoms with E-state index in [1.54, 1.807) is 4.68 Å². The van der Waals surface area contributed by atoms with Gasteiger partial charge in [-0.2, -0.15) is 5.10 Å². The van der Waals surface area contributed by atoms with Crippen molar-refractivity contribution in [1.29, 1.82) is 0 Å². The number of hydrogen-bond donors (Lipinski definition) is 1. The van der Waals surface area contributed by atoms with E-state index in [4.69, 9.17) is 5.14 Å². The largest absolute Gasteiger partial charge is 0.271 e. The van der Waals surface area contributed by atoms with Gasteiger partial charge < -0.3 is 0 Å². The van der Waals surface area contributed by atoms with Crippen molar-refractivity contribution < 1.29 is 8.42 Å². The van der Waals surface area contributed by atoms with Crippen molar-refractivity contribution >= 4 is 10.0 Å². The van der Waals surface area contributed by atoms with E-state index in [-0.39, 0.29) is 4.90 Å². The molecule has 5 nitrogen and oxygen atoms in total. The molecule has 6 heteroatoms. The molecular weight excluding hydrogens is 262 g/mol. The SMILES string of the molecule is NS(=O)(=O)c1cnn(CCCCc2ccccc2)c1. The second-order valence-electron chi connectivity index (χ2n) is 4.43. The molecule has 0 saturated carbocycles. The number of sulfonamides is 1. The summed E-state index contributed by atoms with van der Waals surface area (Å²) in [5.74, 6) is 0. The van der Waals surface area contributed by atoms with Crippen LogP contribution in [0.3, 0.4) is 0 Å². The van der Waals surface area contributed by atoms with Crippen LogP contribution in [0.15, 0.2) is 47.6 Å². The molecule has 0 unspecified atom stereocenters. The molecule has 0 aliphatic heterocycles. The summed E-state index contributed by atoms with van der Waals surface area (Å²) in [4.78, 5) is 0.0653. The molecule has 19 heavy (non-hydrogen) atoms. The zero-order chi connectivity index (χ0) is 13.7. The van der Waals surface area contributed by atoms with E-state index >= 15 is 0 Å². The van der Waals surface area contributed by atoms with Crippen molar-refractivity contribution in [3.63, 3.8) is 0 Å². The highest BCUT2D eigenvalue weighted by molar-refractivity contribution is 7.89. The lowest BCUT2D eigenvalue weighted by Crippen LogP contribution is -2.11. The second kappa shape index (κ2) is 5.99. The number of primary sulfonamides is 1. The lowest BCUT2D eigenvalue weighted by atomic mass is 10.1. The number of aryl methyl sites for hydroxylation is 2. The standard InChI is InChI=1S/C13H17N3O2S/c14-19(17,18)13-10-15-16(11-13)9-5-4-8-12-6-2-1-3-7-12/h1-3,6-7,10-11H,4-5,8-9H2,(H2,14,17,18). The first-order valence-corrected chi connectivity index (χ1v) is 7.69. The number of aromatic nitrogens is 2. The van der Waals surface area contributed by atoms with Crippen LogP contribution in [0.2, 0.25) is 0 Å². The highest BCUT2D eigenvalue weighted by Crippen LogP contribution is 2.07. The lowest BCUT2D eigenvalue weighted by molar-refractivity contribution is 0.556. The Morgan fingerprint density at radius 2 is 1.89 bits per heavy atom. The zero-order valence-electron chi connectivity index (χ0n) is 10.6. The van der Waals surface area contributed by atoms with Crippen LogP contribution in [0.25, 0.3) is 0 Å². The Bertz CT molecular complexity index is 620. The van der Waals surface area contributed by atoms with Crippen molar-refractivity contribution in [2.24, 2.45) is 5.14 Å². The smallest absolute Gasteiger partial charge is 0.241 e. The van der Waals surface area contributed by atoms with Crippen LogP contribution in [0.4, 0.5) is 0 Å². The summed E-state index contributed by atoms with van der Waals surface area (Å²) < 4.78 is 23.8. The fourth-order valence-electron chi connectivity index (χ4n) is 1.86. The van der Waals surface area contributed by atoms with Gasteiger partial charge in [0.2, 0.25) is 10.0 Å². The van der Waals surface area contributed by atoms with Gasteiger partial charge in [-0.3, -0.25) is 4.68 Å². The van der Waals surface area contributed by atoms with Gasteiger partial charge in [0.25, 0.3) is 0 Å². The van der Waals surface area contributed by atoms with Gasteiger partial charge in [0.1, 0.15) is 4.90 Å². The molecule has 2 rings (SSSR count). The minimum Gasteiger partial charge on any atom is -0.271 e.